The average molecular weight is 368 g/mol. The first kappa shape index (κ1) is 14.7. The zero-order valence-electron chi connectivity index (χ0n) is 11.3. The zero-order chi connectivity index (χ0) is 15.4. The van der Waals surface area contributed by atoms with Gasteiger partial charge in [0.1, 0.15) is 0 Å². The molecule has 22 heavy (non-hydrogen) atoms. The lowest BCUT2D eigenvalue weighted by Crippen LogP contribution is -2.14. The normalized spacial score (nSPS) is 19.8. The number of hydrogen-bond donors (Lipinski definition) is 0. The van der Waals surface area contributed by atoms with Gasteiger partial charge in [0.2, 0.25) is 0 Å². The third-order valence-corrected chi connectivity index (χ3v) is 5.93. The maximum atomic E-state index is 6.72. The van der Waals surface area contributed by atoms with Gasteiger partial charge in [-0.1, -0.05) is 71.7 Å². The summed E-state index contributed by atoms with van der Waals surface area (Å²) in [5.41, 5.74) is 3.63. The molecule has 0 heterocycles. The van der Waals surface area contributed by atoms with Crippen molar-refractivity contribution in [2.45, 2.75) is 10.8 Å². The maximum absolute atomic E-state index is 6.72. The third kappa shape index (κ3) is 1.91. The molecule has 0 saturated carbocycles. The van der Waals surface area contributed by atoms with Crippen LogP contribution in [0, 0.1) is 0 Å². The average Bonchev–Trinajstić information content (AvgIpc) is 2.56. The Balaban J connectivity index is 2.14. The highest BCUT2D eigenvalue weighted by Crippen LogP contribution is 2.53. The molecule has 3 aromatic carbocycles. The Labute approximate surface area is 148 Å². The van der Waals surface area contributed by atoms with Gasteiger partial charge in [-0.15, -0.1) is 23.2 Å². The van der Waals surface area contributed by atoms with E-state index in [2.05, 4.69) is 0 Å². The SMILES string of the molecule is Clc1c2c(c(Cl)c3ccccc13)C(Cl)c1ccccc1C2Cl. The van der Waals surface area contributed by atoms with E-state index in [1.807, 2.05) is 48.5 Å². The lowest BCUT2D eigenvalue weighted by atomic mass is 9.83. The fourth-order valence-electron chi connectivity index (χ4n) is 3.17. The quantitative estimate of drug-likeness (QED) is 0.371. The van der Waals surface area contributed by atoms with Crippen molar-refractivity contribution in [1.29, 1.82) is 0 Å². The van der Waals surface area contributed by atoms with Crippen LogP contribution in [0.5, 0.6) is 0 Å². The summed E-state index contributed by atoms with van der Waals surface area (Å²) in [6.45, 7) is 0. The minimum Gasteiger partial charge on any atom is -0.113 e. The number of fused-ring (bicyclic) bond motifs is 3. The summed E-state index contributed by atoms with van der Waals surface area (Å²) < 4.78 is 0. The van der Waals surface area contributed by atoms with Gasteiger partial charge in [-0.05, 0) is 11.1 Å². The molecule has 0 nitrogen and oxygen atoms in total. The molecule has 1 aliphatic rings. The highest BCUT2D eigenvalue weighted by molar-refractivity contribution is 6.43. The summed E-state index contributed by atoms with van der Waals surface area (Å²) >= 11 is 26.8. The summed E-state index contributed by atoms with van der Waals surface area (Å²) in [5.74, 6) is 0. The Kier molecular flexibility index (Phi) is 3.54. The lowest BCUT2D eigenvalue weighted by Gasteiger charge is -2.30. The summed E-state index contributed by atoms with van der Waals surface area (Å²) in [6.07, 6.45) is 0. The van der Waals surface area contributed by atoms with Crippen molar-refractivity contribution >= 4 is 57.2 Å². The predicted molar refractivity (Wildman–Crippen MR) is 95.8 cm³/mol. The monoisotopic (exact) mass is 366 g/mol. The lowest BCUT2D eigenvalue weighted by molar-refractivity contribution is 0.958. The minimum atomic E-state index is -0.351. The Morgan fingerprint density at radius 3 is 1.36 bits per heavy atom. The Morgan fingerprint density at radius 2 is 0.955 bits per heavy atom. The molecule has 0 spiro atoms. The number of halogens is 4. The van der Waals surface area contributed by atoms with E-state index in [4.69, 9.17) is 46.4 Å². The van der Waals surface area contributed by atoms with Crippen LogP contribution >= 0.6 is 46.4 Å². The number of rotatable bonds is 0. The van der Waals surface area contributed by atoms with Gasteiger partial charge in [-0.2, -0.15) is 0 Å². The fourth-order valence-corrected chi connectivity index (χ4v) is 4.89. The van der Waals surface area contributed by atoms with Gasteiger partial charge in [-0.3, -0.25) is 0 Å². The van der Waals surface area contributed by atoms with Crippen molar-refractivity contribution in [3.63, 3.8) is 0 Å². The van der Waals surface area contributed by atoms with Crippen molar-refractivity contribution in [3.8, 4) is 0 Å². The highest BCUT2D eigenvalue weighted by atomic mass is 35.5. The smallest absolute Gasteiger partial charge is 0.0857 e. The van der Waals surface area contributed by atoms with Crippen molar-refractivity contribution in [2.24, 2.45) is 0 Å². The van der Waals surface area contributed by atoms with Crippen molar-refractivity contribution < 1.29 is 0 Å². The molecule has 110 valence electrons. The molecular formula is C18H10Cl4. The molecular weight excluding hydrogens is 358 g/mol. The summed E-state index contributed by atoms with van der Waals surface area (Å²) in [4.78, 5) is 0. The first-order valence-electron chi connectivity index (χ1n) is 6.87. The largest absolute Gasteiger partial charge is 0.113 e. The van der Waals surface area contributed by atoms with Crippen LogP contribution in [0.3, 0.4) is 0 Å². The Bertz CT molecular complexity index is 827. The molecule has 2 unspecified atom stereocenters. The van der Waals surface area contributed by atoms with Crippen molar-refractivity contribution in [1.82, 2.24) is 0 Å². The van der Waals surface area contributed by atoms with Crippen LogP contribution in [0.25, 0.3) is 10.8 Å². The predicted octanol–water partition coefficient (Wildman–Crippen LogP) is 7.12. The molecule has 0 bridgehead atoms. The first-order chi connectivity index (χ1) is 10.6. The van der Waals surface area contributed by atoms with E-state index in [9.17, 15) is 0 Å². The second-order valence-corrected chi connectivity index (χ2v) is 6.98. The second kappa shape index (κ2) is 5.32. The van der Waals surface area contributed by atoms with Crippen molar-refractivity contribution in [2.75, 3.05) is 0 Å². The maximum Gasteiger partial charge on any atom is 0.0857 e. The minimum absolute atomic E-state index is 0.351. The molecule has 0 amide bonds. The number of alkyl halides is 2. The molecule has 0 saturated heterocycles. The van der Waals surface area contributed by atoms with Crippen LogP contribution < -0.4 is 0 Å². The first-order valence-corrected chi connectivity index (χ1v) is 8.50. The van der Waals surface area contributed by atoms with E-state index in [0.717, 1.165) is 33.0 Å². The van der Waals surface area contributed by atoms with Crippen LogP contribution in [-0.4, -0.2) is 0 Å². The van der Waals surface area contributed by atoms with E-state index >= 15 is 0 Å². The molecule has 0 N–H and O–H groups in total. The molecule has 0 fully saturated rings. The number of hydrogen-bond acceptors (Lipinski definition) is 0. The highest BCUT2D eigenvalue weighted by Gasteiger charge is 2.34. The van der Waals surface area contributed by atoms with Crippen LogP contribution in [0.4, 0.5) is 0 Å². The van der Waals surface area contributed by atoms with Crippen LogP contribution in [0.2, 0.25) is 10.0 Å². The fraction of sp³-hybridized carbons (Fsp3) is 0.111. The van der Waals surface area contributed by atoms with E-state index < -0.39 is 0 Å². The number of benzene rings is 3. The molecule has 4 rings (SSSR count). The Morgan fingerprint density at radius 1 is 0.591 bits per heavy atom. The summed E-state index contributed by atoms with van der Waals surface area (Å²) in [5, 5.41) is 2.38. The van der Waals surface area contributed by atoms with E-state index in [1.165, 1.54) is 0 Å². The molecule has 0 radical (unpaired) electrons. The van der Waals surface area contributed by atoms with Crippen molar-refractivity contribution in [3.05, 3.63) is 80.8 Å². The van der Waals surface area contributed by atoms with Crippen LogP contribution in [0.15, 0.2) is 48.5 Å². The summed E-state index contributed by atoms with van der Waals surface area (Å²) in [6, 6.07) is 15.7. The second-order valence-electron chi connectivity index (χ2n) is 5.35. The van der Waals surface area contributed by atoms with E-state index in [-0.39, 0.29) is 10.8 Å². The van der Waals surface area contributed by atoms with Gasteiger partial charge in [0.15, 0.2) is 0 Å². The standard InChI is InChI=1S/C18H10Cl4/c19-15-9-5-1-2-6-10(9)16(20)14-13(15)17(21)11-7-3-4-8-12(11)18(14)22/h1-8,15-16H. The molecule has 2 atom stereocenters. The molecule has 3 aromatic rings. The van der Waals surface area contributed by atoms with Crippen LogP contribution in [-0.2, 0) is 0 Å². The summed E-state index contributed by atoms with van der Waals surface area (Å²) in [7, 11) is 0. The Hall–Kier alpha value is -0.920. The molecule has 0 aliphatic heterocycles. The van der Waals surface area contributed by atoms with Gasteiger partial charge in [0.25, 0.3) is 0 Å². The van der Waals surface area contributed by atoms with E-state index in [0.29, 0.717) is 10.0 Å². The third-order valence-electron chi connectivity index (χ3n) is 4.21. The molecule has 0 aromatic heterocycles. The van der Waals surface area contributed by atoms with Crippen LogP contribution in [0.1, 0.15) is 33.0 Å². The van der Waals surface area contributed by atoms with Gasteiger partial charge in [-0.25, -0.2) is 0 Å². The van der Waals surface area contributed by atoms with Gasteiger partial charge in [0.05, 0.1) is 20.8 Å². The molecule has 1 aliphatic carbocycles. The topological polar surface area (TPSA) is 0 Å². The molecule has 4 heteroatoms. The van der Waals surface area contributed by atoms with E-state index in [1.54, 1.807) is 0 Å². The van der Waals surface area contributed by atoms with Gasteiger partial charge < -0.3 is 0 Å². The van der Waals surface area contributed by atoms with Gasteiger partial charge >= 0.3 is 0 Å². The van der Waals surface area contributed by atoms with Gasteiger partial charge in [0, 0.05) is 21.9 Å². The zero-order valence-corrected chi connectivity index (χ0v) is 14.3.